The SMILES string of the molecule is C=[N+](CCC)c1ccccc1CC.CC. The minimum atomic E-state index is 1.02. The summed E-state index contributed by atoms with van der Waals surface area (Å²) in [7, 11) is 0. The molecule has 0 aliphatic carbocycles. The number of hydrogen-bond acceptors (Lipinski definition) is 0. The molecule has 1 aromatic carbocycles. The molecule has 0 saturated heterocycles. The van der Waals surface area contributed by atoms with E-state index in [9.17, 15) is 0 Å². The lowest BCUT2D eigenvalue weighted by atomic mass is 10.1. The summed E-state index contributed by atoms with van der Waals surface area (Å²) in [6.45, 7) is 13.4. The molecule has 0 heterocycles. The van der Waals surface area contributed by atoms with E-state index in [1.807, 2.05) is 13.8 Å². The number of benzene rings is 1. The van der Waals surface area contributed by atoms with Crippen LogP contribution in [0.5, 0.6) is 0 Å². The predicted molar refractivity (Wildman–Crippen MR) is 69.4 cm³/mol. The lowest BCUT2D eigenvalue weighted by Crippen LogP contribution is -2.05. The van der Waals surface area contributed by atoms with Crippen LogP contribution in [-0.2, 0) is 6.42 Å². The number of nitrogens with zero attached hydrogens (tertiary/aromatic N) is 1. The van der Waals surface area contributed by atoms with Gasteiger partial charge in [-0.25, -0.2) is 4.58 Å². The van der Waals surface area contributed by atoms with Gasteiger partial charge in [-0.2, -0.15) is 0 Å². The molecule has 0 aliphatic rings. The highest BCUT2D eigenvalue weighted by molar-refractivity contribution is 5.42. The average molecular weight is 206 g/mol. The van der Waals surface area contributed by atoms with Gasteiger partial charge in [0.2, 0.25) is 5.69 Å². The molecule has 0 bridgehead atoms. The van der Waals surface area contributed by atoms with Crippen molar-refractivity contribution in [3.63, 3.8) is 0 Å². The summed E-state index contributed by atoms with van der Waals surface area (Å²) in [5.41, 5.74) is 2.65. The summed E-state index contributed by atoms with van der Waals surface area (Å²) >= 11 is 0. The van der Waals surface area contributed by atoms with Crippen LogP contribution in [0.2, 0.25) is 0 Å². The first-order valence-electron chi connectivity index (χ1n) is 5.95. The second kappa shape index (κ2) is 8.22. The van der Waals surface area contributed by atoms with Crippen LogP contribution in [0.25, 0.3) is 0 Å². The van der Waals surface area contributed by atoms with Gasteiger partial charge < -0.3 is 0 Å². The van der Waals surface area contributed by atoms with Gasteiger partial charge in [-0.3, -0.25) is 0 Å². The van der Waals surface area contributed by atoms with Gasteiger partial charge in [0.1, 0.15) is 13.3 Å². The number of aryl methyl sites for hydroxylation is 1. The number of rotatable bonds is 4. The predicted octanol–water partition coefficient (Wildman–Crippen LogP) is 4.03. The highest BCUT2D eigenvalue weighted by Gasteiger charge is 2.08. The third kappa shape index (κ3) is 4.28. The normalized spacial score (nSPS) is 9.07. The molecule has 0 atom stereocenters. The van der Waals surface area contributed by atoms with E-state index in [-0.39, 0.29) is 0 Å². The van der Waals surface area contributed by atoms with Gasteiger partial charge >= 0.3 is 0 Å². The van der Waals surface area contributed by atoms with E-state index in [1.54, 1.807) is 0 Å². The molecule has 84 valence electrons. The lowest BCUT2D eigenvalue weighted by molar-refractivity contribution is -0.431. The van der Waals surface area contributed by atoms with Crippen LogP contribution >= 0.6 is 0 Å². The monoisotopic (exact) mass is 206 g/mol. The summed E-state index contributed by atoms with van der Waals surface area (Å²) in [6, 6.07) is 8.47. The zero-order valence-corrected chi connectivity index (χ0v) is 10.6. The molecule has 0 saturated carbocycles. The van der Waals surface area contributed by atoms with Crippen LogP contribution in [0, 0.1) is 0 Å². The molecule has 0 radical (unpaired) electrons. The molecule has 1 aromatic rings. The van der Waals surface area contributed by atoms with Crippen LogP contribution < -0.4 is 0 Å². The smallest absolute Gasteiger partial charge is 0.205 e. The van der Waals surface area contributed by atoms with E-state index in [4.69, 9.17) is 0 Å². The fourth-order valence-electron chi connectivity index (χ4n) is 1.51. The Bertz CT molecular complexity index is 289. The highest BCUT2D eigenvalue weighted by atomic mass is 15.0. The highest BCUT2D eigenvalue weighted by Crippen LogP contribution is 2.18. The van der Waals surface area contributed by atoms with E-state index in [0.717, 1.165) is 19.4 Å². The Morgan fingerprint density at radius 1 is 1.13 bits per heavy atom. The molecular weight excluding hydrogens is 182 g/mol. The van der Waals surface area contributed by atoms with E-state index >= 15 is 0 Å². The van der Waals surface area contributed by atoms with Gasteiger partial charge in [-0.15, -0.1) is 0 Å². The Hall–Kier alpha value is -1.11. The summed E-state index contributed by atoms with van der Waals surface area (Å²) in [4.78, 5) is 0. The van der Waals surface area contributed by atoms with Crippen LogP contribution in [-0.4, -0.2) is 17.8 Å². The second-order valence-corrected chi connectivity index (χ2v) is 3.25. The number of hydrogen-bond donors (Lipinski definition) is 0. The summed E-state index contributed by atoms with van der Waals surface area (Å²) in [6.07, 6.45) is 2.22. The quantitative estimate of drug-likeness (QED) is 0.517. The van der Waals surface area contributed by atoms with Gasteiger partial charge in [-0.1, -0.05) is 45.9 Å². The van der Waals surface area contributed by atoms with Gasteiger partial charge in [0.15, 0.2) is 0 Å². The fourth-order valence-corrected chi connectivity index (χ4v) is 1.51. The molecule has 1 heteroatoms. The topological polar surface area (TPSA) is 3.01 Å². The fraction of sp³-hybridized carbons (Fsp3) is 0.500. The van der Waals surface area contributed by atoms with Crippen LogP contribution in [0.3, 0.4) is 0 Å². The van der Waals surface area contributed by atoms with E-state index in [2.05, 4.69) is 49.4 Å². The molecule has 0 N–H and O–H groups in total. The van der Waals surface area contributed by atoms with Crippen LogP contribution in [0.4, 0.5) is 5.69 Å². The molecule has 1 rings (SSSR count). The molecular formula is C14H24N+. The van der Waals surface area contributed by atoms with Crippen molar-refractivity contribution in [2.24, 2.45) is 0 Å². The van der Waals surface area contributed by atoms with Gasteiger partial charge in [0.25, 0.3) is 0 Å². The molecule has 0 fully saturated rings. The summed E-state index contributed by atoms with van der Waals surface area (Å²) in [5.74, 6) is 0. The molecule has 0 unspecified atom stereocenters. The first-order valence-corrected chi connectivity index (χ1v) is 5.95. The molecule has 1 nitrogen and oxygen atoms in total. The zero-order chi connectivity index (χ0) is 11.7. The summed E-state index contributed by atoms with van der Waals surface area (Å²) in [5, 5.41) is 0. The number of para-hydroxylation sites is 1. The average Bonchev–Trinajstić information content (AvgIpc) is 2.32. The Morgan fingerprint density at radius 3 is 2.27 bits per heavy atom. The van der Waals surface area contributed by atoms with Crippen molar-refractivity contribution in [2.45, 2.75) is 40.5 Å². The van der Waals surface area contributed by atoms with Gasteiger partial charge in [-0.05, 0) is 6.42 Å². The zero-order valence-electron chi connectivity index (χ0n) is 10.6. The van der Waals surface area contributed by atoms with Crippen molar-refractivity contribution in [3.05, 3.63) is 29.8 Å². The molecule has 0 aliphatic heterocycles. The Balaban J connectivity index is 0.000000921. The van der Waals surface area contributed by atoms with Crippen LogP contribution in [0.1, 0.15) is 39.7 Å². The van der Waals surface area contributed by atoms with E-state index in [1.165, 1.54) is 11.3 Å². The van der Waals surface area contributed by atoms with Crippen LogP contribution in [0.15, 0.2) is 24.3 Å². The molecule has 0 spiro atoms. The van der Waals surface area contributed by atoms with Crippen molar-refractivity contribution in [1.29, 1.82) is 0 Å². The Morgan fingerprint density at radius 2 is 1.73 bits per heavy atom. The van der Waals surface area contributed by atoms with Crippen molar-refractivity contribution in [3.8, 4) is 0 Å². The Labute approximate surface area is 94.5 Å². The van der Waals surface area contributed by atoms with Crippen molar-refractivity contribution in [2.75, 3.05) is 6.54 Å². The lowest BCUT2D eigenvalue weighted by Gasteiger charge is -2.03. The molecule has 15 heavy (non-hydrogen) atoms. The summed E-state index contributed by atoms with van der Waals surface area (Å²) < 4.78 is 2.08. The van der Waals surface area contributed by atoms with Crippen molar-refractivity contribution in [1.82, 2.24) is 0 Å². The standard InChI is InChI=1S/C12H18N.C2H6/c1-4-10-13(3)12-9-7-6-8-11(12)5-2;1-2/h6-9H,3-5,10H2,1-2H3;1-2H3/q+1;. The maximum atomic E-state index is 4.04. The van der Waals surface area contributed by atoms with E-state index < -0.39 is 0 Å². The van der Waals surface area contributed by atoms with Crippen molar-refractivity contribution >= 4 is 12.4 Å². The third-order valence-electron chi connectivity index (χ3n) is 2.21. The molecule has 0 amide bonds. The minimum absolute atomic E-state index is 1.02. The first-order chi connectivity index (χ1) is 7.29. The van der Waals surface area contributed by atoms with E-state index in [0.29, 0.717) is 0 Å². The molecule has 0 aromatic heterocycles. The largest absolute Gasteiger partial charge is 0.207 e. The van der Waals surface area contributed by atoms with Gasteiger partial charge in [0.05, 0.1) is 0 Å². The maximum Gasteiger partial charge on any atom is 0.207 e. The Kier molecular flexibility index (Phi) is 7.61. The maximum absolute atomic E-state index is 4.04. The third-order valence-corrected chi connectivity index (χ3v) is 2.21. The van der Waals surface area contributed by atoms with Crippen molar-refractivity contribution < 1.29 is 4.58 Å². The van der Waals surface area contributed by atoms with Gasteiger partial charge in [0, 0.05) is 18.1 Å². The minimum Gasteiger partial charge on any atom is -0.205 e. The first kappa shape index (κ1) is 13.9. The second-order valence-electron chi connectivity index (χ2n) is 3.25.